The van der Waals surface area contributed by atoms with Gasteiger partial charge in [-0.15, -0.1) is 0 Å². The second-order valence-electron chi connectivity index (χ2n) is 9.53. The van der Waals surface area contributed by atoms with Crippen LogP contribution in [0.1, 0.15) is 63.1 Å². The molecule has 39 heavy (non-hydrogen) atoms. The maximum absolute atomic E-state index is 14.0. The van der Waals surface area contributed by atoms with E-state index in [9.17, 15) is 14.4 Å². The molecule has 0 radical (unpaired) electrons. The first kappa shape index (κ1) is 26.0. The first-order chi connectivity index (χ1) is 18.7. The topological polar surface area (TPSA) is 86.0 Å². The van der Waals surface area contributed by atoms with Crippen molar-refractivity contribution < 1.29 is 23.5 Å². The van der Waals surface area contributed by atoms with E-state index < -0.39 is 11.9 Å². The van der Waals surface area contributed by atoms with Crippen LogP contribution in [-0.4, -0.2) is 24.9 Å². The first-order valence-corrected chi connectivity index (χ1v) is 12.8. The van der Waals surface area contributed by atoms with Gasteiger partial charge in [-0.25, -0.2) is 0 Å². The Labute approximate surface area is 226 Å². The lowest BCUT2D eigenvalue weighted by Gasteiger charge is -2.26. The van der Waals surface area contributed by atoms with E-state index in [1.54, 1.807) is 54.6 Å². The molecule has 7 nitrogen and oxygen atoms in total. The third-order valence-corrected chi connectivity index (χ3v) is 6.98. The van der Waals surface area contributed by atoms with Gasteiger partial charge in [0.05, 0.1) is 23.6 Å². The maximum Gasteiger partial charge on any atom is 0.295 e. The molecule has 1 aromatic heterocycles. The highest BCUT2D eigenvalue weighted by molar-refractivity contribution is 6.11. The van der Waals surface area contributed by atoms with Crippen molar-refractivity contribution in [3.63, 3.8) is 0 Å². The van der Waals surface area contributed by atoms with Crippen molar-refractivity contribution in [2.75, 3.05) is 18.1 Å². The lowest BCUT2D eigenvalue weighted by Crippen LogP contribution is -2.29. The molecular weight excluding hydrogens is 494 g/mol. The Morgan fingerprint density at radius 3 is 2.38 bits per heavy atom. The van der Waals surface area contributed by atoms with E-state index in [1.165, 1.54) is 11.8 Å². The summed E-state index contributed by atoms with van der Waals surface area (Å²) in [6.45, 7) is 11.6. The Morgan fingerprint density at radius 1 is 1.00 bits per heavy atom. The molecule has 5 rings (SSSR count). The second-order valence-corrected chi connectivity index (χ2v) is 9.53. The van der Waals surface area contributed by atoms with Crippen LogP contribution in [0.4, 0.5) is 5.69 Å². The minimum Gasteiger partial charge on any atom is -0.490 e. The van der Waals surface area contributed by atoms with Gasteiger partial charge in [0.1, 0.15) is 12.2 Å². The van der Waals surface area contributed by atoms with Crippen molar-refractivity contribution in [3.05, 3.63) is 111 Å². The lowest BCUT2D eigenvalue weighted by atomic mass is 9.96. The van der Waals surface area contributed by atoms with Gasteiger partial charge >= 0.3 is 0 Å². The number of ether oxygens (including phenoxy) is 2. The van der Waals surface area contributed by atoms with Gasteiger partial charge in [0.2, 0.25) is 5.76 Å². The molecule has 7 heteroatoms. The molecule has 1 unspecified atom stereocenters. The Hall–Kier alpha value is -4.65. The molecule has 0 saturated heterocycles. The van der Waals surface area contributed by atoms with Crippen LogP contribution < -0.4 is 19.8 Å². The van der Waals surface area contributed by atoms with Crippen LogP contribution in [0.3, 0.4) is 0 Å². The highest BCUT2D eigenvalue weighted by Gasteiger charge is 2.44. The molecule has 0 aliphatic carbocycles. The van der Waals surface area contributed by atoms with E-state index in [0.717, 1.165) is 11.1 Å². The average molecular weight is 524 g/mol. The van der Waals surface area contributed by atoms with Crippen LogP contribution in [0, 0.1) is 13.8 Å². The van der Waals surface area contributed by atoms with Gasteiger partial charge in [-0.2, -0.15) is 0 Å². The lowest BCUT2D eigenvalue weighted by molar-refractivity contribution is 0.0970. The van der Waals surface area contributed by atoms with E-state index in [2.05, 4.69) is 6.58 Å². The molecule has 1 atom stereocenters. The fourth-order valence-corrected chi connectivity index (χ4v) is 4.90. The number of carbonyl (C=O) groups is 2. The molecule has 1 amide bonds. The van der Waals surface area contributed by atoms with Crippen LogP contribution in [0.2, 0.25) is 0 Å². The number of fused-ring (bicyclic) bond motifs is 2. The summed E-state index contributed by atoms with van der Waals surface area (Å²) in [5.74, 6) is 0.494. The van der Waals surface area contributed by atoms with Crippen LogP contribution in [0.25, 0.3) is 11.0 Å². The fraction of sp³-hybridized carbons (Fsp3) is 0.219. The number of benzene rings is 3. The number of Topliss-reactive ketones (excluding diaryl/α,β-unsaturated/α-hetero) is 1. The van der Waals surface area contributed by atoms with Crippen molar-refractivity contribution in [1.82, 2.24) is 0 Å². The summed E-state index contributed by atoms with van der Waals surface area (Å²) in [7, 11) is 0. The van der Waals surface area contributed by atoms with Crippen LogP contribution in [0.5, 0.6) is 11.5 Å². The molecule has 4 aromatic rings. The molecule has 0 saturated carbocycles. The highest BCUT2D eigenvalue weighted by atomic mass is 16.5. The zero-order chi connectivity index (χ0) is 27.8. The Balaban J connectivity index is 1.76. The fourth-order valence-electron chi connectivity index (χ4n) is 4.90. The van der Waals surface area contributed by atoms with Gasteiger partial charge in [0.15, 0.2) is 22.7 Å². The number of nitrogens with zero attached hydrogens (tertiary/aromatic N) is 1. The number of rotatable bonds is 8. The molecule has 1 aliphatic heterocycles. The van der Waals surface area contributed by atoms with Crippen molar-refractivity contribution in [1.29, 1.82) is 0 Å². The quantitative estimate of drug-likeness (QED) is 0.198. The summed E-state index contributed by atoms with van der Waals surface area (Å²) in [5, 5.41) is 0.416. The van der Waals surface area contributed by atoms with Crippen LogP contribution in [0.15, 0.2) is 76.5 Å². The zero-order valence-corrected chi connectivity index (χ0v) is 22.4. The van der Waals surface area contributed by atoms with Crippen molar-refractivity contribution in [3.8, 4) is 11.5 Å². The largest absolute Gasteiger partial charge is 0.490 e. The van der Waals surface area contributed by atoms with Crippen LogP contribution in [-0.2, 0) is 0 Å². The van der Waals surface area contributed by atoms with Gasteiger partial charge in [0.25, 0.3) is 5.91 Å². The SMILES string of the molecule is C=CCOc1ccc(C2c3c(oc4cc(C)c(C)cc4c3=O)C(=O)N2c2ccc(C(C)=O)cc2)cc1OCC. The summed E-state index contributed by atoms with van der Waals surface area (Å²) in [4.78, 5) is 41.3. The molecular formula is C32H29NO6. The van der Waals surface area contributed by atoms with Gasteiger partial charge in [-0.1, -0.05) is 18.7 Å². The third-order valence-electron chi connectivity index (χ3n) is 6.98. The summed E-state index contributed by atoms with van der Waals surface area (Å²) in [5.41, 5.74) is 3.98. The molecule has 0 N–H and O–H groups in total. The number of aryl methyl sites for hydroxylation is 2. The molecule has 1 aliphatic rings. The predicted octanol–water partition coefficient (Wildman–Crippen LogP) is 6.33. The number of hydrogen-bond donors (Lipinski definition) is 0. The standard InChI is InChI=1S/C32H29NO6/c1-6-14-38-25-13-10-22(17-27(25)37-7-2)29-28-30(35)24-15-18(3)19(4)16-26(24)39-31(28)32(36)33(29)23-11-8-21(9-12-23)20(5)34/h6,8-13,15-17,29H,1,7,14H2,2-5H3. The molecule has 0 fully saturated rings. The van der Waals surface area contributed by atoms with E-state index in [-0.39, 0.29) is 22.5 Å². The third kappa shape index (κ3) is 4.50. The Kier molecular flexibility index (Phi) is 6.83. The van der Waals surface area contributed by atoms with E-state index in [0.29, 0.717) is 52.5 Å². The molecule has 3 aromatic carbocycles. The number of carbonyl (C=O) groups excluding carboxylic acids is 2. The molecule has 2 heterocycles. The molecule has 0 spiro atoms. The van der Waals surface area contributed by atoms with Gasteiger partial charge < -0.3 is 13.9 Å². The summed E-state index contributed by atoms with van der Waals surface area (Å²) in [6, 6.07) is 14.9. The number of anilines is 1. The molecule has 0 bridgehead atoms. The van der Waals surface area contributed by atoms with Crippen LogP contribution >= 0.6 is 0 Å². The Bertz CT molecular complexity index is 1680. The minimum atomic E-state index is -0.786. The van der Waals surface area contributed by atoms with Gasteiger partial charge in [0, 0.05) is 11.3 Å². The van der Waals surface area contributed by atoms with E-state index >= 15 is 0 Å². The van der Waals surface area contributed by atoms with Crippen molar-refractivity contribution in [2.24, 2.45) is 0 Å². The highest BCUT2D eigenvalue weighted by Crippen LogP contribution is 2.43. The van der Waals surface area contributed by atoms with Crippen molar-refractivity contribution >= 4 is 28.3 Å². The van der Waals surface area contributed by atoms with Crippen molar-refractivity contribution in [2.45, 2.75) is 33.7 Å². The number of ketones is 1. The van der Waals surface area contributed by atoms with Gasteiger partial charge in [-0.3, -0.25) is 19.3 Å². The maximum atomic E-state index is 14.0. The van der Waals surface area contributed by atoms with E-state index in [1.807, 2.05) is 26.8 Å². The average Bonchev–Trinajstić information content (AvgIpc) is 3.21. The summed E-state index contributed by atoms with van der Waals surface area (Å²) in [6.07, 6.45) is 1.64. The molecule has 198 valence electrons. The number of hydrogen-bond acceptors (Lipinski definition) is 6. The summed E-state index contributed by atoms with van der Waals surface area (Å²) < 4.78 is 17.8. The second kappa shape index (κ2) is 10.3. The predicted molar refractivity (Wildman–Crippen MR) is 150 cm³/mol. The summed E-state index contributed by atoms with van der Waals surface area (Å²) >= 11 is 0. The number of amides is 1. The first-order valence-electron chi connectivity index (χ1n) is 12.8. The smallest absolute Gasteiger partial charge is 0.295 e. The van der Waals surface area contributed by atoms with E-state index in [4.69, 9.17) is 13.9 Å². The minimum absolute atomic E-state index is 0.00124. The van der Waals surface area contributed by atoms with Gasteiger partial charge in [-0.05, 0) is 92.9 Å². The normalized spacial score (nSPS) is 14.4. The monoisotopic (exact) mass is 523 g/mol. The Morgan fingerprint density at radius 2 is 1.72 bits per heavy atom. The zero-order valence-electron chi connectivity index (χ0n) is 22.4.